The smallest absolute Gasteiger partial charge is 0.262 e. The molecule has 0 aliphatic rings. The van der Waals surface area contributed by atoms with E-state index in [1.165, 1.54) is 0 Å². The van der Waals surface area contributed by atoms with Crippen LogP contribution in [0.1, 0.15) is 24.5 Å². The molecule has 29 heavy (non-hydrogen) atoms. The normalized spacial score (nSPS) is 10.6. The van der Waals surface area contributed by atoms with Crippen LogP contribution in [0.4, 0.5) is 5.69 Å². The van der Waals surface area contributed by atoms with E-state index in [1.807, 2.05) is 50.2 Å². The van der Waals surface area contributed by atoms with Gasteiger partial charge in [0, 0.05) is 25.4 Å². The zero-order chi connectivity index (χ0) is 21.1. The molecule has 0 heterocycles. The zero-order valence-corrected chi connectivity index (χ0v) is 18.0. The average molecular weight is 421 g/mol. The number of rotatable bonds is 12. The van der Waals surface area contributed by atoms with Crippen molar-refractivity contribution in [3.05, 3.63) is 52.5 Å². The highest BCUT2D eigenvalue weighted by molar-refractivity contribution is 6.32. The third-order valence-corrected chi connectivity index (χ3v) is 4.43. The van der Waals surface area contributed by atoms with Crippen LogP contribution < -0.4 is 20.1 Å². The quantitative estimate of drug-likeness (QED) is 0.504. The van der Waals surface area contributed by atoms with E-state index in [1.54, 1.807) is 7.11 Å². The van der Waals surface area contributed by atoms with Gasteiger partial charge in [-0.3, -0.25) is 4.79 Å². The number of ether oxygens (including phenoxy) is 3. The molecule has 0 aliphatic heterocycles. The van der Waals surface area contributed by atoms with Gasteiger partial charge in [0.25, 0.3) is 5.91 Å². The summed E-state index contributed by atoms with van der Waals surface area (Å²) in [6, 6.07) is 11.2. The molecule has 0 saturated carbocycles. The van der Waals surface area contributed by atoms with Crippen molar-refractivity contribution >= 4 is 23.2 Å². The van der Waals surface area contributed by atoms with Crippen LogP contribution >= 0.6 is 11.6 Å². The average Bonchev–Trinajstić information content (AvgIpc) is 2.71. The first-order valence-electron chi connectivity index (χ1n) is 9.67. The molecule has 0 aromatic heterocycles. The summed E-state index contributed by atoms with van der Waals surface area (Å²) in [6.45, 7) is 6.77. The lowest BCUT2D eigenvalue weighted by Crippen LogP contribution is -2.20. The maximum absolute atomic E-state index is 12.2. The summed E-state index contributed by atoms with van der Waals surface area (Å²) in [4.78, 5) is 12.2. The number of aryl methyl sites for hydroxylation is 1. The van der Waals surface area contributed by atoms with Crippen LogP contribution in [0.15, 0.2) is 36.4 Å². The molecular formula is C22H29ClN2O4. The number of hydrogen-bond donors (Lipinski definition) is 2. The molecule has 0 atom stereocenters. The van der Waals surface area contributed by atoms with Gasteiger partial charge in [0.2, 0.25) is 0 Å². The fourth-order valence-electron chi connectivity index (χ4n) is 2.66. The minimum Gasteiger partial charge on any atom is -0.493 e. The van der Waals surface area contributed by atoms with Gasteiger partial charge in [-0.25, -0.2) is 0 Å². The van der Waals surface area contributed by atoms with E-state index in [0.29, 0.717) is 28.8 Å². The lowest BCUT2D eigenvalue weighted by atomic mass is 10.2. The summed E-state index contributed by atoms with van der Waals surface area (Å²) >= 11 is 6.37. The molecule has 158 valence electrons. The fraction of sp³-hybridized carbons (Fsp3) is 0.409. The zero-order valence-electron chi connectivity index (χ0n) is 17.2. The van der Waals surface area contributed by atoms with E-state index in [0.717, 1.165) is 37.3 Å². The van der Waals surface area contributed by atoms with E-state index >= 15 is 0 Å². The highest BCUT2D eigenvalue weighted by Gasteiger charge is 2.14. The Morgan fingerprint density at radius 3 is 2.62 bits per heavy atom. The summed E-state index contributed by atoms with van der Waals surface area (Å²) in [6.07, 6.45) is 0.940. The number of methoxy groups -OCH3 is 1. The summed E-state index contributed by atoms with van der Waals surface area (Å²) < 4.78 is 16.4. The minimum atomic E-state index is -0.271. The Kier molecular flexibility index (Phi) is 9.77. The highest BCUT2D eigenvalue weighted by atomic mass is 35.5. The van der Waals surface area contributed by atoms with Gasteiger partial charge in [-0.05, 0) is 56.6 Å². The minimum absolute atomic E-state index is 0.168. The number of hydrogen-bond acceptors (Lipinski definition) is 5. The molecule has 0 bridgehead atoms. The van der Waals surface area contributed by atoms with Crippen molar-refractivity contribution in [3.63, 3.8) is 0 Å². The molecule has 6 nitrogen and oxygen atoms in total. The van der Waals surface area contributed by atoms with Crippen LogP contribution in [0.5, 0.6) is 11.5 Å². The number of nitrogens with one attached hydrogen (secondary N) is 2. The topological polar surface area (TPSA) is 68.8 Å². The summed E-state index contributed by atoms with van der Waals surface area (Å²) in [5, 5.41) is 6.53. The number of benzene rings is 2. The summed E-state index contributed by atoms with van der Waals surface area (Å²) in [7, 11) is 1.55. The molecule has 0 radical (unpaired) electrons. The van der Waals surface area contributed by atoms with E-state index in [9.17, 15) is 4.79 Å². The van der Waals surface area contributed by atoms with Gasteiger partial charge in [-0.15, -0.1) is 0 Å². The second kappa shape index (κ2) is 12.3. The van der Waals surface area contributed by atoms with Crippen molar-refractivity contribution in [2.75, 3.05) is 38.8 Å². The third kappa shape index (κ3) is 7.93. The van der Waals surface area contributed by atoms with Crippen LogP contribution in [0, 0.1) is 6.92 Å². The molecule has 0 fully saturated rings. The number of carbonyl (C=O) groups excluding carboxylic acids is 1. The van der Waals surface area contributed by atoms with Crippen LogP contribution in [0.3, 0.4) is 0 Å². The van der Waals surface area contributed by atoms with Gasteiger partial charge >= 0.3 is 0 Å². The van der Waals surface area contributed by atoms with Gasteiger partial charge in [-0.1, -0.05) is 29.3 Å². The largest absolute Gasteiger partial charge is 0.493 e. The van der Waals surface area contributed by atoms with Crippen molar-refractivity contribution in [1.82, 2.24) is 5.32 Å². The van der Waals surface area contributed by atoms with Crippen LogP contribution in [-0.4, -0.2) is 39.4 Å². The van der Waals surface area contributed by atoms with E-state index in [4.69, 9.17) is 25.8 Å². The maximum atomic E-state index is 12.2. The Labute approximate surface area is 177 Å². The van der Waals surface area contributed by atoms with Crippen molar-refractivity contribution in [3.8, 4) is 11.5 Å². The molecule has 2 aromatic carbocycles. The van der Waals surface area contributed by atoms with Gasteiger partial charge in [0.15, 0.2) is 18.1 Å². The van der Waals surface area contributed by atoms with Gasteiger partial charge in [0.05, 0.1) is 12.1 Å². The molecule has 0 saturated heterocycles. The molecule has 2 rings (SSSR count). The number of anilines is 1. The summed E-state index contributed by atoms with van der Waals surface area (Å²) in [5.74, 6) is 0.576. The maximum Gasteiger partial charge on any atom is 0.262 e. The van der Waals surface area contributed by atoms with E-state index < -0.39 is 0 Å². The van der Waals surface area contributed by atoms with E-state index in [2.05, 4.69) is 10.6 Å². The Morgan fingerprint density at radius 1 is 1.17 bits per heavy atom. The van der Waals surface area contributed by atoms with Gasteiger partial charge < -0.3 is 24.8 Å². The first-order chi connectivity index (χ1) is 14.0. The first-order valence-corrected chi connectivity index (χ1v) is 10.1. The monoisotopic (exact) mass is 420 g/mol. The lowest BCUT2D eigenvalue weighted by Gasteiger charge is -2.14. The van der Waals surface area contributed by atoms with E-state index in [-0.39, 0.29) is 12.5 Å². The predicted molar refractivity (Wildman–Crippen MR) is 116 cm³/mol. The second-order valence-electron chi connectivity index (χ2n) is 6.54. The lowest BCUT2D eigenvalue weighted by molar-refractivity contribution is -0.118. The number of halogens is 1. The number of carbonyl (C=O) groups is 1. The first kappa shape index (κ1) is 23.0. The molecule has 2 N–H and O–H groups in total. The molecule has 0 aliphatic carbocycles. The Morgan fingerprint density at radius 2 is 1.93 bits per heavy atom. The second-order valence-corrected chi connectivity index (χ2v) is 6.95. The standard InChI is InChI=1S/C22H29ClN2O4/c1-4-28-11-5-10-24-14-17-12-19(23)22(20(13-17)27-3)29-15-21(26)25-18-8-6-16(2)7-9-18/h6-9,12-13,24H,4-5,10-11,14-15H2,1-3H3,(H,25,26). The Balaban J connectivity index is 1.89. The molecule has 2 aromatic rings. The molecule has 0 spiro atoms. The Hall–Kier alpha value is -2.28. The van der Waals surface area contributed by atoms with Crippen LogP contribution in [0.25, 0.3) is 0 Å². The molecule has 0 unspecified atom stereocenters. The number of amides is 1. The van der Waals surface area contributed by atoms with Crippen molar-refractivity contribution in [1.29, 1.82) is 0 Å². The van der Waals surface area contributed by atoms with Crippen molar-refractivity contribution in [2.45, 2.75) is 26.8 Å². The van der Waals surface area contributed by atoms with Crippen molar-refractivity contribution < 1.29 is 19.0 Å². The highest BCUT2D eigenvalue weighted by Crippen LogP contribution is 2.36. The Bertz CT molecular complexity index is 781. The van der Waals surface area contributed by atoms with Gasteiger partial charge in [-0.2, -0.15) is 0 Å². The molecule has 1 amide bonds. The molecular weight excluding hydrogens is 392 g/mol. The molecule has 7 heteroatoms. The third-order valence-electron chi connectivity index (χ3n) is 4.15. The van der Waals surface area contributed by atoms with Crippen molar-refractivity contribution in [2.24, 2.45) is 0 Å². The predicted octanol–water partition coefficient (Wildman–Crippen LogP) is 4.19. The van der Waals surface area contributed by atoms with Crippen LogP contribution in [0.2, 0.25) is 5.02 Å². The SMILES string of the molecule is CCOCCCNCc1cc(Cl)c(OCC(=O)Nc2ccc(C)cc2)c(OC)c1. The summed E-state index contributed by atoms with van der Waals surface area (Å²) in [5.41, 5.74) is 2.81. The fourth-order valence-corrected chi connectivity index (χ4v) is 2.95. The van der Waals surface area contributed by atoms with Gasteiger partial charge in [0.1, 0.15) is 0 Å². The van der Waals surface area contributed by atoms with Crippen LogP contribution in [-0.2, 0) is 16.1 Å².